The molecule has 234 valence electrons. The molecule has 0 aliphatic rings. The Bertz CT molecular complexity index is 585. The van der Waals surface area contributed by atoms with E-state index in [1.165, 1.54) is 160 Å². The molecule has 0 aromatic heterocycles. The third kappa shape index (κ3) is 29.4. The first-order valence-electron chi connectivity index (χ1n) is 17.2. The van der Waals surface area contributed by atoms with Crippen LogP contribution in [0.2, 0.25) is 0 Å². The second kappa shape index (κ2) is 31.9. The number of hydrogen-bond acceptors (Lipinski definition) is 3. The van der Waals surface area contributed by atoms with Gasteiger partial charge in [-0.15, -0.1) is 6.58 Å². The van der Waals surface area contributed by atoms with E-state index in [-0.39, 0.29) is 13.0 Å². The average molecular weight is 563 g/mol. The standard InChI is InChI=1S/C36H66O4/c1-3-5-6-7-8-9-10-11-12-13-14-15-16-17-18-19-20-21-22-23-24-25-26-27-28-29-30-31-34(33-35(37)38)36(39)40-32-4-2/h3-4,34H,1-2,5-33H2,(H,37,38). The molecule has 0 saturated heterocycles. The van der Waals surface area contributed by atoms with Crippen LogP contribution in [0.1, 0.15) is 180 Å². The molecule has 0 aliphatic carbocycles. The molecule has 0 aromatic rings. The van der Waals surface area contributed by atoms with E-state index in [1.54, 1.807) is 0 Å². The van der Waals surface area contributed by atoms with Crippen molar-refractivity contribution in [3.8, 4) is 0 Å². The lowest BCUT2D eigenvalue weighted by molar-refractivity contribution is -0.152. The molecule has 0 radical (unpaired) electrons. The molecule has 0 spiro atoms. The molecule has 1 atom stereocenters. The predicted octanol–water partition coefficient (Wildman–Crippen LogP) is 11.5. The molecule has 4 heteroatoms. The van der Waals surface area contributed by atoms with Crippen molar-refractivity contribution in [1.29, 1.82) is 0 Å². The highest BCUT2D eigenvalue weighted by Gasteiger charge is 2.22. The lowest BCUT2D eigenvalue weighted by Crippen LogP contribution is -2.21. The van der Waals surface area contributed by atoms with Crippen LogP contribution < -0.4 is 0 Å². The smallest absolute Gasteiger partial charge is 0.309 e. The highest BCUT2D eigenvalue weighted by atomic mass is 16.5. The van der Waals surface area contributed by atoms with E-state index < -0.39 is 17.9 Å². The van der Waals surface area contributed by atoms with Gasteiger partial charge >= 0.3 is 11.9 Å². The fourth-order valence-corrected chi connectivity index (χ4v) is 5.52. The Hall–Kier alpha value is -1.58. The molecule has 0 rings (SSSR count). The minimum atomic E-state index is -0.941. The number of ether oxygens (including phenoxy) is 1. The molecule has 0 saturated carbocycles. The summed E-state index contributed by atoms with van der Waals surface area (Å²) >= 11 is 0. The number of carbonyl (C=O) groups excluding carboxylic acids is 1. The van der Waals surface area contributed by atoms with Crippen molar-refractivity contribution in [3.05, 3.63) is 25.3 Å². The number of allylic oxidation sites excluding steroid dienone is 1. The number of carboxylic acids is 1. The summed E-state index contributed by atoms with van der Waals surface area (Å²) in [5.41, 5.74) is 0. The minimum absolute atomic E-state index is 0.145. The Labute approximate surface area is 248 Å². The highest BCUT2D eigenvalue weighted by molar-refractivity contribution is 5.79. The number of hydrogen-bond donors (Lipinski definition) is 1. The van der Waals surface area contributed by atoms with Crippen LogP contribution in [0.3, 0.4) is 0 Å². The van der Waals surface area contributed by atoms with E-state index in [0.29, 0.717) is 6.42 Å². The number of aliphatic carboxylic acids is 1. The van der Waals surface area contributed by atoms with Gasteiger partial charge in [0, 0.05) is 0 Å². The van der Waals surface area contributed by atoms with Crippen LogP contribution in [0.4, 0.5) is 0 Å². The zero-order valence-electron chi connectivity index (χ0n) is 26.3. The number of esters is 1. The van der Waals surface area contributed by atoms with Gasteiger partial charge in [0.25, 0.3) is 0 Å². The summed E-state index contributed by atoms with van der Waals surface area (Å²) in [5.74, 6) is -1.88. The Balaban J connectivity index is 3.29. The first-order chi connectivity index (χ1) is 19.6. The number of rotatable bonds is 33. The van der Waals surface area contributed by atoms with Crippen molar-refractivity contribution < 1.29 is 19.4 Å². The van der Waals surface area contributed by atoms with Crippen LogP contribution in [-0.2, 0) is 14.3 Å². The minimum Gasteiger partial charge on any atom is -0.481 e. The summed E-state index contributed by atoms with van der Waals surface area (Å²) in [6.07, 6.45) is 39.0. The van der Waals surface area contributed by atoms with Crippen LogP contribution in [0.5, 0.6) is 0 Å². The van der Waals surface area contributed by atoms with Gasteiger partial charge in [-0.2, -0.15) is 0 Å². The van der Waals surface area contributed by atoms with Gasteiger partial charge in [-0.1, -0.05) is 173 Å². The normalized spacial score (nSPS) is 11.8. The summed E-state index contributed by atoms with van der Waals surface area (Å²) in [4.78, 5) is 23.0. The van der Waals surface area contributed by atoms with E-state index >= 15 is 0 Å². The summed E-state index contributed by atoms with van der Waals surface area (Å²) < 4.78 is 5.04. The van der Waals surface area contributed by atoms with E-state index in [1.807, 2.05) is 6.08 Å². The average Bonchev–Trinajstić information content (AvgIpc) is 2.94. The van der Waals surface area contributed by atoms with Crippen LogP contribution in [0.25, 0.3) is 0 Å². The van der Waals surface area contributed by atoms with Gasteiger partial charge < -0.3 is 9.84 Å². The molecular weight excluding hydrogens is 496 g/mol. The molecule has 0 aromatic carbocycles. The van der Waals surface area contributed by atoms with Crippen LogP contribution in [-0.4, -0.2) is 23.7 Å². The van der Waals surface area contributed by atoms with Gasteiger partial charge in [-0.3, -0.25) is 9.59 Å². The van der Waals surface area contributed by atoms with E-state index in [2.05, 4.69) is 13.2 Å². The van der Waals surface area contributed by atoms with E-state index in [9.17, 15) is 9.59 Å². The van der Waals surface area contributed by atoms with Crippen LogP contribution in [0, 0.1) is 5.92 Å². The fraction of sp³-hybridized carbons (Fsp3) is 0.833. The third-order valence-electron chi connectivity index (χ3n) is 8.06. The summed E-state index contributed by atoms with van der Waals surface area (Å²) in [5, 5.41) is 9.03. The number of unbranched alkanes of at least 4 members (excludes halogenated alkanes) is 25. The molecule has 0 aliphatic heterocycles. The number of carboxylic acid groups (broad SMARTS) is 1. The molecule has 4 nitrogen and oxygen atoms in total. The van der Waals surface area contributed by atoms with Gasteiger partial charge in [-0.05, 0) is 19.3 Å². The zero-order valence-corrected chi connectivity index (χ0v) is 26.3. The van der Waals surface area contributed by atoms with Crippen molar-refractivity contribution in [2.75, 3.05) is 6.61 Å². The lowest BCUT2D eigenvalue weighted by Gasteiger charge is -2.13. The summed E-state index contributed by atoms with van der Waals surface area (Å²) in [6.45, 7) is 7.46. The molecule has 1 N–H and O–H groups in total. The second-order valence-electron chi connectivity index (χ2n) is 11.9. The van der Waals surface area contributed by atoms with Crippen molar-refractivity contribution in [3.63, 3.8) is 0 Å². The predicted molar refractivity (Wildman–Crippen MR) is 172 cm³/mol. The van der Waals surface area contributed by atoms with Crippen LogP contribution in [0.15, 0.2) is 25.3 Å². The topological polar surface area (TPSA) is 63.6 Å². The SMILES string of the molecule is C=CCCCCCCCCCCCCCCCCCCCCCCCCCCCC(CC(=O)O)C(=O)OCC=C. The van der Waals surface area contributed by atoms with E-state index in [4.69, 9.17) is 9.84 Å². The molecule has 0 amide bonds. The fourth-order valence-electron chi connectivity index (χ4n) is 5.52. The molecule has 1 unspecified atom stereocenters. The number of carbonyl (C=O) groups is 2. The lowest BCUT2D eigenvalue weighted by atomic mass is 9.97. The van der Waals surface area contributed by atoms with Gasteiger partial charge in [0.2, 0.25) is 0 Å². The van der Waals surface area contributed by atoms with Crippen LogP contribution >= 0.6 is 0 Å². The first kappa shape index (κ1) is 38.4. The Morgan fingerprint density at radius 2 is 0.850 bits per heavy atom. The van der Waals surface area contributed by atoms with Gasteiger partial charge in [0.15, 0.2) is 0 Å². The van der Waals surface area contributed by atoms with E-state index in [0.717, 1.165) is 12.8 Å². The maximum absolute atomic E-state index is 12.0. The largest absolute Gasteiger partial charge is 0.481 e. The zero-order chi connectivity index (χ0) is 29.4. The third-order valence-corrected chi connectivity index (χ3v) is 8.06. The Morgan fingerprint density at radius 3 is 1.15 bits per heavy atom. The van der Waals surface area contributed by atoms with Gasteiger partial charge in [0.05, 0.1) is 12.3 Å². The first-order valence-corrected chi connectivity index (χ1v) is 17.2. The monoisotopic (exact) mass is 562 g/mol. The highest BCUT2D eigenvalue weighted by Crippen LogP contribution is 2.19. The molecule has 0 fully saturated rings. The van der Waals surface area contributed by atoms with Crippen molar-refractivity contribution >= 4 is 11.9 Å². The van der Waals surface area contributed by atoms with Crippen molar-refractivity contribution in [2.24, 2.45) is 5.92 Å². The summed E-state index contributed by atoms with van der Waals surface area (Å²) in [7, 11) is 0. The quantitative estimate of drug-likeness (QED) is 0.0491. The van der Waals surface area contributed by atoms with Crippen molar-refractivity contribution in [2.45, 2.75) is 180 Å². The molecule has 0 heterocycles. The molecular formula is C36H66O4. The van der Waals surface area contributed by atoms with Crippen molar-refractivity contribution in [1.82, 2.24) is 0 Å². The van der Waals surface area contributed by atoms with Gasteiger partial charge in [0.1, 0.15) is 6.61 Å². The molecule has 0 bridgehead atoms. The Kier molecular flexibility index (Phi) is 30.7. The van der Waals surface area contributed by atoms with Gasteiger partial charge in [-0.25, -0.2) is 0 Å². The Morgan fingerprint density at radius 1 is 0.525 bits per heavy atom. The maximum Gasteiger partial charge on any atom is 0.309 e. The second-order valence-corrected chi connectivity index (χ2v) is 11.9. The summed E-state index contributed by atoms with van der Waals surface area (Å²) in [6, 6.07) is 0. The molecule has 40 heavy (non-hydrogen) atoms. The maximum atomic E-state index is 12.0.